The number of carbonyl (C=O) groups excluding carboxylic acids is 2. The first kappa shape index (κ1) is 14.1. The number of carbonyl (C=O) groups is 2. The first-order chi connectivity index (χ1) is 9.88. The van der Waals surface area contributed by atoms with Crippen LogP contribution in [0.25, 0.3) is 0 Å². The van der Waals surface area contributed by atoms with Gasteiger partial charge in [0.25, 0.3) is 0 Å². The molecular weight excluding hydrogens is 264 g/mol. The monoisotopic (exact) mass is 286 g/mol. The zero-order valence-electron chi connectivity index (χ0n) is 12.9. The lowest BCUT2D eigenvalue weighted by Gasteiger charge is -2.45. The van der Waals surface area contributed by atoms with Crippen LogP contribution >= 0.6 is 0 Å². The zero-order chi connectivity index (χ0) is 15.2. The predicted octanol–water partition coefficient (Wildman–Crippen LogP) is 2.00. The minimum absolute atomic E-state index is 0.0162. The average Bonchev–Trinajstić information content (AvgIpc) is 2.45. The Morgan fingerprint density at radius 3 is 2.67 bits per heavy atom. The van der Waals surface area contributed by atoms with Gasteiger partial charge in [0, 0.05) is 18.5 Å². The van der Waals surface area contributed by atoms with Crippen molar-refractivity contribution < 1.29 is 9.59 Å². The molecule has 1 aromatic rings. The van der Waals surface area contributed by atoms with Crippen molar-refractivity contribution in [2.75, 3.05) is 19.6 Å². The van der Waals surface area contributed by atoms with E-state index in [0.29, 0.717) is 6.54 Å². The van der Waals surface area contributed by atoms with Crippen LogP contribution < -0.4 is 0 Å². The quantitative estimate of drug-likeness (QED) is 0.732. The molecule has 0 saturated carbocycles. The molecule has 3 rings (SSSR count). The molecule has 2 aliphatic rings. The number of piperazine rings is 1. The van der Waals surface area contributed by atoms with Gasteiger partial charge in [0.2, 0.25) is 11.8 Å². The summed E-state index contributed by atoms with van der Waals surface area (Å²) in [5.41, 5.74) is 2.05. The van der Waals surface area contributed by atoms with Crippen LogP contribution in [0.4, 0.5) is 0 Å². The maximum Gasteiger partial charge on any atom is 0.242 e. The Hall–Kier alpha value is -1.84. The van der Waals surface area contributed by atoms with Crippen molar-refractivity contribution in [3.05, 3.63) is 35.4 Å². The van der Waals surface area contributed by atoms with E-state index in [1.54, 1.807) is 4.90 Å². The number of fused-ring (bicyclic) bond motifs is 3. The first-order valence-corrected chi connectivity index (χ1v) is 7.54. The van der Waals surface area contributed by atoms with Crippen molar-refractivity contribution in [2.24, 2.45) is 5.41 Å². The van der Waals surface area contributed by atoms with Crippen molar-refractivity contribution in [3.63, 3.8) is 0 Å². The molecule has 1 aromatic carbocycles. The van der Waals surface area contributed by atoms with E-state index < -0.39 is 5.41 Å². The van der Waals surface area contributed by atoms with E-state index in [2.05, 4.69) is 12.1 Å². The second-order valence-corrected chi connectivity index (χ2v) is 6.99. The molecule has 1 saturated heterocycles. The smallest absolute Gasteiger partial charge is 0.242 e. The summed E-state index contributed by atoms with van der Waals surface area (Å²) in [5, 5.41) is 0. The van der Waals surface area contributed by atoms with E-state index in [0.717, 1.165) is 13.0 Å². The van der Waals surface area contributed by atoms with Gasteiger partial charge in [-0.15, -0.1) is 0 Å². The number of hydrogen-bond donors (Lipinski definition) is 0. The second-order valence-electron chi connectivity index (χ2n) is 6.99. The van der Waals surface area contributed by atoms with Gasteiger partial charge in [-0.3, -0.25) is 9.59 Å². The molecule has 0 aromatic heterocycles. The van der Waals surface area contributed by atoms with Gasteiger partial charge in [-0.2, -0.15) is 0 Å². The van der Waals surface area contributed by atoms with Crippen LogP contribution in [0.2, 0.25) is 0 Å². The maximum atomic E-state index is 12.5. The SMILES string of the molecule is CC(C)(C)C(=O)N1CC(=O)N2CCc3ccccc3[C@@H]2C1. The number of nitrogens with zero attached hydrogens (tertiary/aromatic N) is 2. The van der Waals surface area contributed by atoms with E-state index in [9.17, 15) is 9.59 Å². The minimum atomic E-state index is -0.448. The number of benzene rings is 1. The normalized spacial score (nSPS) is 21.9. The van der Waals surface area contributed by atoms with E-state index in [4.69, 9.17) is 0 Å². The molecule has 0 N–H and O–H groups in total. The van der Waals surface area contributed by atoms with Crippen LogP contribution in [0.5, 0.6) is 0 Å². The fourth-order valence-electron chi connectivity index (χ4n) is 3.30. The van der Waals surface area contributed by atoms with Crippen molar-refractivity contribution in [1.82, 2.24) is 9.80 Å². The van der Waals surface area contributed by atoms with Crippen molar-refractivity contribution in [2.45, 2.75) is 33.2 Å². The third-order valence-electron chi connectivity index (χ3n) is 4.38. The highest BCUT2D eigenvalue weighted by Crippen LogP contribution is 2.34. The molecule has 2 aliphatic heterocycles. The molecule has 112 valence electrons. The Labute approximate surface area is 125 Å². The van der Waals surface area contributed by atoms with Crippen molar-refractivity contribution >= 4 is 11.8 Å². The van der Waals surface area contributed by atoms with E-state index in [1.807, 2.05) is 37.8 Å². The summed E-state index contributed by atoms with van der Waals surface area (Å²) in [6, 6.07) is 8.28. The van der Waals surface area contributed by atoms with Gasteiger partial charge >= 0.3 is 0 Å². The summed E-state index contributed by atoms with van der Waals surface area (Å²) in [4.78, 5) is 28.6. The van der Waals surface area contributed by atoms with Crippen molar-refractivity contribution in [3.8, 4) is 0 Å². The molecule has 0 bridgehead atoms. The number of hydrogen-bond acceptors (Lipinski definition) is 2. The third kappa shape index (κ3) is 2.43. The Bertz CT molecular complexity index is 589. The molecule has 0 spiro atoms. The largest absolute Gasteiger partial charge is 0.332 e. The Kier molecular flexibility index (Phi) is 3.27. The van der Waals surface area contributed by atoms with Crippen LogP contribution in [-0.2, 0) is 16.0 Å². The van der Waals surface area contributed by atoms with Gasteiger partial charge < -0.3 is 9.80 Å². The standard InChI is InChI=1S/C17H22N2O2/c1-17(2,3)16(21)18-10-14-13-7-5-4-6-12(13)8-9-19(14)15(20)11-18/h4-7,14H,8-11H2,1-3H3/t14-/m0/s1. The van der Waals surface area contributed by atoms with Crippen LogP contribution in [0, 0.1) is 5.41 Å². The molecule has 4 heteroatoms. The Morgan fingerprint density at radius 1 is 1.24 bits per heavy atom. The van der Waals surface area contributed by atoms with Crippen LogP contribution in [0.15, 0.2) is 24.3 Å². The molecule has 21 heavy (non-hydrogen) atoms. The van der Waals surface area contributed by atoms with Gasteiger partial charge in [0.1, 0.15) is 0 Å². The highest BCUT2D eigenvalue weighted by atomic mass is 16.2. The van der Waals surface area contributed by atoms with Crippen LogP contribution in [-0.4, -0.2) is 41.2 Å². The molecule has 0 unspecified atom stereocenters. The van der Waals surface area contributed by atoms with Gasteiger partial charge in [-0.1, -0.05) is 45.0 Å². The van der Waals surface area contributed by atoms with Crippen LogP contribution in [0.1, 0.15) is 37.9 Å². The summed E-state index contributed by atoms with van der Waals surface area (Å²) in [5.74, 6) is 0.122. The second kappa shape index (κ2) is 4.86. The molecular formula is C17H22N2O2. The predicted molar refractivity (Wildman–Crippen MR) is 80.6 cm³/mol. The maximum absolute atomic E-state index is 12.5. The van der Waals surface area contributed by atoms with Crippen LogP contribution in [0.3, 0.4) is 0 Å². The Morgan fingerprint density at radius 2 is 1.95 bits per heavy atom. The van der Waals surface area contributed by atoms with E-state index in [1.165, 1.54) is 11.1 Å². The molecule has 1 atom stereocenters. The van der Waals surface area contributed by atoms with Gasteiger partial charge in [-0.05, 0) is 17.5 Å². The van der Waals surface area contributed by atoms with E-state index in [-0.39, 0.29) is 24.4 Å². The summed E-state index contributed by atoms with van der Waals surface area (Å²) in [7, 11) is 0. The summed E-state index contributed by atoms with van der Waals surface area (Å²) < 4.78 is 0. The highest BCUT2D eigenvalue weighted by molar-refractivity contribution is 5.89. The zero-order valence-corrected chi connectivity index (χ0v) is 12.9. The lowest BCUT2D eigenvalue weighted by atomic mass is 9.89. The van der Waals surface area contributed by atoms with E-state index >= 15 is 0 Å². The summed E-state index contributed by atoms with van der Waals surface area (Å²) in [6.07, 6.45) is 0.908. The van der Waals surface area contributed by atoms with Gasteiger partial charge in [-0.25, -0.2) is 0 Å². The molecule has 4 nitrogen and oxygen atoms in total. The number of amides is 2. The fraction of sp³-hybridized carbons (Fsp3) is 0.529. The topological polar surface area (TPSA) is 40.6 Å². The van der Waals surface area contributed by atoms with Gasteiger partial charge in [0.15, 0.2) is 0 Å². The first-order valence-electron chi connectivity index (χ1n) is 7.54. The fourth-order valence-corrected chi connectivity index (χ4v) is 3.30. The average molecular weight is 286 g/mol. The van der Waals surface area contributed by atoms with Gasteiger partial charge in [0.05, 0.1) is 12.6 Å². The van der Waals surface area contributed by atoms with Crippen molar-refractivity contribution in [1.29, 1.82) is 0 Å². The molecule has 1 fully saturated rings. The number of rotatable bonds is 0. The molecule has 0 aliphatic carbocycles. The molecule has 2 heterocycles. The lowest BCUT2D eigenvalue weighted by molar-refractivity contribution is -0.153. The minimum Gasteiger partial charge on any atom is -0.332 e. The Balaban J connectivity index is 1.92. The highest BCUT2D eigenvalue weighted by Gasteiger charge is 2.40. The molecule has 0 radical (unpaired) electrons. The third-order valence-corrected chi connectivity index (χ3v) is 4.38. The molecule has 2 amide bonds. The summed E-state index contributed by atoms with van der Waals surface area (Å²) in [6.45, 7) is 7.30. The summed E-state index contributed by atoms with van der Waals surface area (Å²) >= 11 is 0. The lowest BCUT2D eigenvalue weighted by Crippen LogP contribution is -2.57.